The van der Waals surface area contributed by atoms with Gasteiger partial charge >= 0.3 is 0 Å². The molecular weight excluding hydrogens is 340 g/mol. The van der Waals surface area contributed by atoms with Crippen LogP contribution in [-0.2, 0) is 13.5 Å². The van der Waals surface area contributed by atoms with E-state index in [1.165, 1.54) is 11.9 Å². The van der Waals surface area contributed by atoms with Crippen molar-refractivity contribution in [2.45, 2.75) is 38.1 Å². The van der Waals surface area contributed by atoms with E-state index in [9.17, 15) is 4.79 Å². The highest BCUT2D eigenvalue weighted by Crippen LogP contribution is 2.30. The fourth-order valence-corrected chi connectivity index (χ4v) is 3.85. The van der Waals surface area contributed by atoms with Crippen LogP contribution in [0.3, 0.4) is 0 Å². The third kappa shape index (κ3) is 3.08. The Bertz CT molecular complexity index is 798. The number of aromatic nitrogens is 4. The fourth-order valence-electron chi connectivity index (χ4n) is 3.67. The second-order valence-electron chi connectivity index (χ2n) is 6.65. The minimum atomic E-state index is -0.255. The number of carbonyl (C=O) groups is 1. The molecule has 0 aromatic carbocycles. The number of aryl methyl sites for hydroxylation is 1. The number of rotatable bonds is 3. The van der Waals surface area contributed by atoms with Gasteiger partial charge in [-0.2, -0.15) is 5.10 Å². The van der Waals surface area contributed by atoms with Crippen LogP contribution in [0, 0.1) is 0 Å². The summed E-state index contributed by atoms with van der Waals surface area (Å²) in [6.45, 7) is 1.84. The smallest absolute Gasteiger partial charge is 0.272 e. The Morgan fingerprint density at radius 2 is 2.08 bits per heavy atom. The number of hydrogen-bond acceptors (Lipinski definition) is 5. The number of halogens is 1. The highest BCUT2D eigenvalue weighted by molar-refractivity contribution is 6.33. The second-order valence-corrected chi connectivity index (χ2v) is 7.06. The first-order chi connectivity index (χ1) is 12.1. The zero-order chi connectivity index (χ0) is 17.4. The van der Waals surface area contributed by atoms with Gasteiger partial charge in [0.2, 0.25) is 5.95 Å². The molecule has 0 bridgehead atoms. The third-order valence-electron chi connectivity index (χ3n) is 5.02. The maximum Gasteiger partial charge on any atom is 0.272 e. The molecule has 1 fully saturated rings. The van der Waals surface area contributed by atoms with E-state index in [0.717, 1.165) is 50.8 Å². The van der Waals surface area contributed by atoms with Gasteiger partial charge in [-0.15, -0.1) is 0 Å². The molecule has 7 nitrogen and oxygen atoms in total. The van der Waals surface area contributed by atoms with Gasteiger partial charge in [0, 0.05) is 31.4 Å². The van der Waals surface area contributed by atoms with Crippen LogP contribution in [0.5, 0.6) is 0 Å². The van der Waals surface area contributed by atoms with Crippen molar-refractivity contribution in [1.29, 1.82) is 0 Å². The second kappa shape index (κ2) is 6.63. The molecule has 1 amide bonds. The Morgan fingerprint density at radius 3 is 2.88 bits per heavy atom. The molecule has 1 aliphatic heterocycles. The first-order valence-corrected chi connectivity index (χ1v) is 9.10. The molecule has 4 rings (SSSR count). The molecule has 132 valence electrons. The summed E-state index contributed by atoms with van der Waals surface area (Å²) in [7, 11) is 1.94. The van der Waals surface area contributed by atoms with Gasteiger partial charge < -0.3 is 10.2 Å². The van der Waals surface area contributed by atoms with E-state index in [2.05, 4.69) is 25.3 Å². The minimum Gasteiger partial charge on any atom is -0.344 e. The van der Waals surface area contributed by atoms with Crippen molar-refractivity contribution >= 4 is 23.5 Å². The lowest BCUT2D eigenvalue weighted by molar-refractivity contribution is 0.0927. The van der Waals surface area contributed by atoms with Crippen molar-refractivity contribution in [1.82, 2.24) is 25.1 Å². The van der Waals surface area contributed by atoms with Crippen LogP contribution >= 0.6 is 11.6 Å². The molecule has 1 atom stereocenters. The van der Waals surface area contributed by atoms with Crippen molar-refractivity contribution in [3.8, 4) is 0 Å². The van der Waals surface area contributed by atoms with Crippen LogP contribution < -0.4 is 10.2 Å². The van der Waals surface area contributed by atoms with Crippen LogP contribution in [-0.4, -0.2) is 38.7 Å². The van der Waals surface area contributed by atoms with E-state index in [-0.39, 0.29) is 22.7 Å². The molecule has 25 heavy (non-hydrogen) atoms. The van der Waals surface area contributed by atoms with Crippen LogP contribution in [0.15, 0.2) is 12.4 Å². The molecule has 2 aliphatic rings. The van der Waals surface area contributed by atoms with E-state index in [0.29, 0.717) is 5.95 Å². The van der Waals surface area contributed by atoms with E-state index in [4.69, 9.17) is 11.6 Å². The molecule has 0 saturated carbocycles. The van der Waals surface area contributed by atoms with Crippen molar-refractivity contribution in [3.63, 3.8) is 0 Å². The summed E-state index contributed by atoms with van der Waals surface area (Å²) in [5.41, 5.74) is 2.52. The third-order valence-corrected chi connectivity index (χ3v) is 5.29. The van der Waals surface area contributed by atoms with Crippen molar-refractivity contribution < 1.29 is 4.79 Å². The van der Waals surface area contributed by atoms with Gasteiger partial charge in [0.25, 0.3) is 5.91 Å². The molecule has 2 aromatic rings. The molecule has 0 radical (unpaired) electrons. The Labute approximate surface area is 151 Å². The van der Waals surface area contributed by atoms with E-state index in [1.54, 1.807) is 0 Å². The van der Waals surface area contributed by atoms with Gasteiger partial charge in [-0.1, -0.05) is 11.6 Å². The summed E-state index contributed by atoms with van der Waals surface area (Å²) in [4.78, 5) is 23.6. The van der Waals surface area contributed by atoms with Crippen LogP contribution in [0.1, 0.15) is 53.5 Å². The maximum absolute atomic E-state index is 12.8. The van der Waals surface area contributed by atoms with Gasteiger partial charge in [-0.3, -0.25) is 9.48 Å². The van der Waals surface area contributed by atoms with E-state index >= 15 is 0 Å². The van der Waals surface area contributed by atoms with Gasteiger partial charge in [0.1, 0.15) is 0 Å². The standard InChI is InChI=1S/C17H21ClN6O/c1-23-14-6-4-5-13(11(14)9-20-23)21-16(25)15-12(18)10-19-17(22-15)24-7-2-3-8-24/h9-10,13H,2-8H2,1H3,(H,21,25)/t13-/m0/s1. The number of hydrogen-bond donors (Lipinski definition) is 1. The molecule has 8 heteroatoms. The summed E-state index contributed by atoms with van der Waals surface area (Å²) in [5, 5.41) is 7.68. The number of carbonyl (C=O) groups excluding carboxylic acids is 1. The number of anilines is 1. The van der Waals surface area contributed by atoms with Gasteiger partial charge in [0.15, 0.2) is 5.69 Å². The largest absolute Gasteiger partial charge is 0.344 e. The zero-order valence-electron chi connectivity index (χ0n) is 14.2. The molecule has 0 spiro atoms. The van der Waals surface area contributed by atoms with Crippen LogP contribution in [0.25, 0.3) is 0 Å². The Balaban J connectivity index is 1.56. The highest BCUT2D eigenvalue weighted by atomic mass is 35.5. The summed E-state index contributed by atoms with van der Waals surface area (Å²) >= 11 is 6.20. The molecule has 0 unspecified atom stereocenters. The van der Waals surface area contributed by atoms with Gasteiger partial charge in [-0.25, -0.2) is 9.97 Å². The number of fused-ring (bicyclic) bond motifs is 1. The Hall–Kier alpha value is -2.15. The van der Waals surface area contributed by atoms with Crippen molar-refractivity contribution in [3.05, 3.63) is 34.4 Å². The molecule has 1 aliphatic carbocycles. The summed E-state index contributed by atoms with van der Waals surface area (Å²) in [6, 6.07) is -0.0498. The lowest BCUT2D eigenvalue weighted by atomic mass is 9.93. The predicted octanol–water partition coefficient (Wildman–Crippen LogP) is 2.27. The monoisotopic (exact) mass is 360 g/mol. The predicted molar refractivity (Wildman–Crippen MR) is 94.8 cm³/mol. The van der Waals surface area contributed by atoms with Crippen molar-refractivity contribution in [2.75, 3.05) is 18.0 Å². The molecule has 2 aromatic heterocycles. The SMILES string of the molecule is Cn1ncc2c1CCC[C@@H]2NC(=O)c1nc(N2CCCC2)ncc1Cl. The summed E-state index contributed by atoms with van der Waals surface area (Å²) in [5.74, 6) is 0.326. The fraction of sp³-hybridized carbons (Fsp3) is 0.529. The van der Waals surface area contributed by atoms with Crippen LogP contribution in [0.4, 0.5) is 5.95 Å². The molecule has 1 N–H and O–H groups in total. The van der Waals surface area contributed by atoms with E-state index < -0.39 is 0 Å². The number of amides is 1. The number of nitrogens with one attached hydrogen (secondary N) is 1. The summed E-state index contributed by atoms with van der Waals surface area (Å²) in [6.07, 6.45) is 8.52. The Morgan fingerprint density at radius 1 is 1.28 bits per heavy atom. The average Bonchev–Trinajstić information content (AvgIpc) is 3.26. The topological polar surface area (TPSA) is 75.9 Å². The van der Waals surface area contributed by atoms with Gasteiger partial charge in [0.05, 0.1) is 23.5 Å². The molecule has 1 saturated heterocycles. The lowest BCUT2D eigenvalue weighted by Gasteiger charge is -2.24. The minimum absolute atomic E-state index is 0.0498. The Kier molecular flexibility index (Phi) is 4.33. The first-order valence-electron chi connectivity index (χ1n) is 8.72. The average molecular weight is 361 g/mol. The normalized spacial score (nSPS) is 19.8. The summed E-state index contributed by atoms with van der Waals surface area (Å²) < 4.78 is 1.89. The molecule has 3 heterocycles. The number of nitrogens with zero attached hydrogens (tertiary/aromatic N) is 5. The zero-order valence-corrected chi connectivity index (χ0v) is 15.0. The van der Waals surface area contributed by atoms with E-state index in [1.807, 2.05) is 17.9 Å². The van der Waals surface area contributed by atoms with Crippen molar-refractivity contribution in [2.24, 2.45) is 7.05 Å². The maximum atomic E-state index is 12.8. The molecular formula is C17H21ClN6O. The lowest BCUT2D eigenvalue weighted by Crippen LogP contribution is -2.32. The quantitative estimate of drug-likeness (QED) is 0.908. The first kappa shape index (κ1) is 16.3. The highest BCUT2D eigenvalue weighted by Gasteiger charge is 2.27. The van der Waals surface area contributed by atoms with Gasteiger partial charge in [-0.05, 0) is 32.1 Å². The van der Waals surface area contributed by atoms with Crippen LogP contribution in [0.2, 0.25) is 5.02 Å².